The highest BCUT2D eigenvalue weighted by atomic mass is 32.3. The second-order valence-corrected chi connectivity index (χ2v) is 7.01. The first-order valence-corrected chi connectivity index (χ1v) is 8.81. The molecule has 1 fully saturated rings. The molecule has 7 heteroatoms. The highest BCUT2D eigenvalue weighted by Crippen LogP contribution is 2.34. The predicted molar refractivity (Wildman–Crippen MR) is 82.3 cm³/mol. The Kier molecular flexibility index (Phi) is 5.05. The predicted octanol–water partition coefficient (Wildman–Crippen LogP) is 2.44. The monoisotopic (exact) mass is 329 g/mol. The number of carbonyl (C=O) groups excluding carboxylic acids is 1. The molecule has 1 aromatic rings. The zero-order valence-corrected chi connectivity index (χ0v) is 13.5. The van der Waals surface area contributed by atoms with E-state index >= 15 is 0 Å². The highest BCUT2D eigenvalue weighted by Gasteiger charge is 2.34. The maximum Gasteiger partial charge on any atom is 0.302 e. The van der Waals surface area contributed by atoms with Gasteiger partial charge < -0.3 is 9.64 Å². The lowest BCUT2D eigenvalue weighted by Crippen LogP contribution is -2.26. The average Bonchev–Trinajstić information content (AvgIpc) is 2.75. The lowest BCUT2D eigenvalue weighted by Gasteiger charge is -2.21. The molecule has 22 heavy (non-hydrogen) atoms. The average molecular weight is 329 g/mol. The largest absolute Gasteiger partial charge is 0.491 e. The van der Waals surface area contributed by atoms with Gasteiger partial charge in [-0.1, -0.05) is 13.0 Å². The first kappa shape index (κ1) is 16.7. The van der Waals surface area contributed by atoms with Gasteiger partial charge in [0.1, 0.15) is 5.75 Å². The summed E-state index contributed by atoms with van der Waals surface area (Å²) in [6, 6.07) is 5.49. The zero-order chi connectivity index (χ0) is 16.3. The molecule has 0 spiro atoms. The molecule has 1 aliphatic rings. The molecule has 1 heterocycles. The van der Waals surface area contributed by atoms with Crippen LogP contribution in [0.1, 0.15) is 25.3 Å². The molecule has 0 aromatic heterocycles. The van der Waals surface area contributed by atoms with Crippen LogP contribution in [0.3, 0.4) is 0 Å². The lowest BCUT2D eigenvalue weighted by molar-refractivity contribution is -0.117. The van der Waals surface area contributed by atoms with Crippen molar-refractivity contribution in [3.05, 3.63) is 23.8 Å². The first-order chi connectivity index (χ1) is 10.3. The van der Waals surface area contributed by atoms with Crippen LogP contribution in [-0.4, -0.2) is 33.2 Å². The van der Waals surface area contributed by atoms with Crippen LogP contribution in [0.25, 0.3) is 0 Å². The fraction of sp³-hybridized carbons (Fsp3) is 0.533. The fourth-order valence-corrected chi connectivity index (χ4v) is 3.37. The third-order valence-corrected chi connectivity index (χ3v) is 4.38. The van der Waals surface area contributed by atoms with Gasteiger partial charge in [-0.25, -0.2) is 0 Å². The van der Waals surface area contributed by atoms with Crippen LogP contribution in [0.5, 0.6) is 5.75 Å². The summed E-state index contributed by atoms with van der Waals surface area (Å²) in [5.74, 6) is -0.757. The van der Waals surface area contributed by atoms with E-state index in [1.54, 1.807) is 6.07 Å². The molecule has 0 N–H and O–H groups in total. The van der Waals surface area contributed by atoms with E-state index in [-0.39, 0.29) is 18.9 Å². The van der Waals surface area contributed by atoms with Gasteiger partial charge >= 0.3 is 10.2 Å². The molecule has 1 amide bonds. The Balaban J connectivity index is 2.22. The molecule has 1 saturated heterocycles. The van der Waals surface area contributed by atoms with Crippen molar-refractivity contribution in [2.24, 2.45) is 5.92 Å². The van der Waals surface area contributed by atoms with Gasteiger partial charge in [-0.15, -0.1) is 3.89 Å². The topological polar surface area (TPSA) is 63.7 Å². The second kappa shape index (κ2) is 6.64. The Hall–Kier alpha value is -1.63. The molecular weight excluding hydrogens is 309 g/mol. The van der Waals surface area contributed by atoms with Gasteiger partial charge in [0.25, 0.3) is 0 Å². The molecule has 122 valence electrons. The van der Waals surface area contributed by atoms with Gasteiger partial charge in [-0.3, -0.25) is 4.79 Å². The molecule has 0 saturated carbocycles. The van der Waals surface area contributed by atoms with Crippen LogP contribution in [0.2, 0.25) is 0 Å². The van der Waals surface area contributed by atoms with Crippen LogP contribution in [0.4, 0.5) is 9.57 Å². The van der Waals surface area contributed by atoms with E-state index in [1.807, 2.05) is 26.0 Å². The highest BCUT2D eigenvalue weighted by molar-refractivity contribution is 7.86. The van der Waals surface area contributed by atoms with Crippen LogP contribution >= 0.6 is 0 Å². The van der Waals surface area contributed by atoms with Crippen molar-refractivity contribution in [2.75, 3.05) is 23.8 Å². The fourth-order valence-electron chi connectivity index (χ4n) is 2.58. The maximum atomic E-state index is 12.8. The molecule has 2 rings (SSSR count). The van der Waals surface area contributed by atoms with Crippen molar-refractivity contribution < 1.29 is 21.8 Å². The van der Waals surface area contributed by atoms with Crippen molar-refractivity contribution in [2.45, 2.75) is 26.7 Å². The number of rotatable bonds is 6. The van der Waals surface area contributed by atoms with E-state index in [1.165, 1.54) is 4.90 Å². The van der Waals surface area contributed by atoms with Gasteiger partial charge in [0.05, 0.1) is 18.0 Å². The van der Waals surface area contributed by atoms with Crippen molar-refractivity contribution in [1.82, 2.24) is 0 Å². The van der Waals surface area contributed by atoms with Crippen LogP contribution in [0, 0.1) is 12.8 Å². The number of nitrogens with zero attached hydrogens (tertiary/aromatic N) is 1. The van der Waals surface area contributed by atoms with E-state index < -0.39 is 21.9 Å². The number of halogens is 1. The second-order valence-electron chi connectivity index (χ2n) is 5.60. The van der Waals surface area contributed by atoms with Crippen molar-refractivity contribution in [3.63, 3.8) is 0 Å². The standard InChI is InChI=1S/C15H20FNO4S/c1-3-6-21-14-7-11(2)4-5-13(14)17-9-12(8-15(17)18)10-22(16,19)20/h4-5,7,12H,3,6,8-10H2,1-2H3. The molecular formula is C15H20FNO4S. The van der Waals surface area contributed by atoms with Gasteiger partial charge in [-0.2, -0.15) is 8.42 Å². The van der Waals surface area contributed by atoms with E-state index in [0.717, 1.165) is 12.0 Å². The number of ether oxygens (including phenoxy) is 1. The van der Waals surface area contributed by atoms with Gasteiger partial charge in [0.2, 0.25) is 5.91 Å². The Morgan fingerprint density at radius 3 is 2.77 bits per heavy atom. The molecule has 1 unspecified atom stereocenters. The summed E-state index contributed by atoms with van der Waals surface area (Å²) in [5.41, 5.74) is 1.62. The van der Waals surface area contributed by atoms with Gasteiger partial charge in [0, 0.05) is 18.9 Å². The minimum absolute atomic E-state index is 0.0320. The van der Waals surface area contributed by atoms with Gasteiger partial charge in [0.15, 0.2) is 0 Å². The number of benzene rings is 1. The first-order valence-electron chi connectivity index (χ1n) is 7.26. The van der Waals surface area contributed by atoms with Crippen LogP contribution in [0.15, 0.2) is 18.2 Å². The Morgan fingerprint density at radius 1 is 1.41 bits per heavy atom. The van der Waals surface area contributed by atoms with E-state index in [0.29, 0.717) is 18.0 Å². The smallest absolute Gasteiger partial charge is 0.302 e. The number of hydrogen-bond acceptors (Lipinski definition) is 4. The molecule has 0 bridgehead atoms. The summed E-state index contributed by atoms with van der Waals surface area (Å²) >= 11 is 0. The van der Waals surface area contributed by atoms with Crippen LogP contribution in [-0.2, 0) is 15.0 Å². The zero-order valence-electron chi connectivity index (χ0n) is 12.7. The van der Waals surface area contributed by atoms with E-state index in [9.17, 15) is 17.1 Å². The summed E-state index contributed by atoms with van der Waals surface area (Å²) < 4.78 is 40.0. The minimum Gasteiger partial charge on any atom is -0.491 e. The Labute approximate surface area is 130 Å². The van der Waals surface area contributed by atoms with Crippen molar-refractivity contribution >= 4 is 21.8 Å². The molecule has 1 aromatic carbocycles. The SMILES string of the molecule is CCCOc1cc(C)ccc1N1CC(CS(=O)(=O)F)CC1=O. The summed E-state index contributed by atoms with van der Waals surface area (Å²) in [7, 11) is -4.58. The third kappa shape index (κ3) is 4.19. The van der Waals surface area contributed by atoms with Crippen LogP contribution < -0.4 is 9.64 Å². The van der Waals surface area contributed by atoms with Crippen molar-refractivity contribution in [3.8, 4) is 5.75 Å². The Bertz CT molecular complexity index is 660. The molecule has 5 nitrogen and oxygen atoms in total. The number of hydrogen-bond donors (Lipinski definition) is 0. The number of aryl methyl sites for hydroxylation is 1. The summed E-state index contributed by atoms with van der Waals surface area (Å²) in [6.45, 7) is 4.62. The maximum absolute atomic E-state index is 12.8. The molecule has 0 radical (unpaired) electrons. The summed E-state index contributed by atoms with van der Waals surface area (Å²) in [5, 5.41) is 0. The summed E-state index contributed by atoms with van der Waals surface area (Å²) in [6.07, 6.45) is 0.869. The molecule has 0 aliphatic carbocycles. The van der Waals surface area contributed by atoms with Gasteiger partial charge in [-0.05, 0) is 31.0 Å². The molecule has 1 aliphatic heterocycles. The number of carbonyl (C=O) groups is 1. The Morgan fingerprint density at radius 2 is 2.14 bits per heavy atom. The minimum atomic E-state index is -4.58. The normalized spacial score (nSPS) is 18.8. The lowest BCUT2D eigenvalue weighted by atomic mass is 10.1. The third-order valence-electron chi connectivity index (χ3n) is 3.51. The van der Waals surface area contributed by atoms with E-state index in [2.05, 4.69) is 0 Å². The van der Waals surface area contributed by atoms with E-state index in [4.69, 9.17) is 4.74 Å². The quantitative estimate of drug-likeness (QED) is 0.752. The molecule has 1 atom stereocenters. The number of amides is 1. The number of anilines is 1. The van der Waals surface area contributed by atoms with Crippen molar-refractivity contribution in [1.29, 1.82) is 0 Å². The summed E-state index contributed by atoms with van der Waals surface area (Å²) in [4.78, 5) is 13.6.